The molecule has 1 aromatic carbocycles. The summed E-state index contributed by atoms with van der Waals surface area (Å²) in [4.78, 5) is 3.06. The molecule has 0 atom stereocenters. The normalized spacial score (nSPS) is 10.3. The lowest BCUT2D eigenvalue weighted by molar-refractivity contribution is 0.404. The molecule has 0 radical (unpaired) electrons. The first-order chi connectivity index (χ1) is 8.30. The maximum absolute atomic E-state index is 5.70. The van der Waals surface area contributed by atoms with Crippen molar-refractivity contribution in [2.45, 2.75) is 6.54 Å². The number of nitrogens with two attached hydrogens (primary N) is 1. The summed E-state index contributed by atoms with van der Waals surface area (Å²) in [6.07, 6.45) is 3.81. The molecule has 90 valence electrons. The van der Waals surface area contributed by atoms with Gasteiger partial charge in [0.15, 0.2) is 0 Å². The lowest BCUT2D eigenvalue weighted by Gasteiger charge is -2.10. The van der Waals surface area contributed by atoms with Gasteiger partial charge in [0, 0.05) is 30.1 Å². The van der Waals surface area contributed by atoms with E-state index in [1.807, 2.05) is 30.6 Å². The van der Waals surface area contributed by atoms with Gasteiger partial charge in [-0.25, -0.2) is 0 Å². The molecular weight excluding hydrogens is 216 g/mol. The number of hydrogen-bond donors (Lipinski definition) is 2. The van der Waals surface area contributed by atoms with E-state index in [-0.39, 0.29) is 0 Å². The SMILES string of the molecule is COc1ccc(OC)c(-c2c[nH]cc2CN)c1. The zero-order chi connectivity index (χ0) is 12.3. The van der Waals surface area contributed by atoms with Crippen LogP contribution in [0.5, 0.6) is 11.5 Å². The highest BCUT2D eigenvalue weighted by Gasteiger charge is 2.11. The fraction of sp³-hybridized carbons (Fsp3) is 0.231. The predicted molar refractivity (Wildman–Crippen MR) is 67.2 cm³/mol. The first-order valence-electron chi connectivity index (χ1n) is 5.38. The summed E-state index contributed by atoms with van der Waals surface area (Å²) in [5.74, 6) is 1.60. The summed E-state index contributed by atoms with van der Waals surface area (Å²) in [7, 11) is 3.30. The van der Waals surface area contributed by atoms with Crippen molar-refractivity contribution in [2.24, 2.45) is 5.73 Å². The molecule has 4 nitrogen and oxygen atoms in total. The summed E-state index contributed by atoms with van der Waals surface area (Å²) < 4.78 is 10.6. The van der Waals surface area contributed by atoms with E-state index >= 15 is 0 Å². The minimum atomic E-state index is 0.485. The van der Waals surface area contributed by atoms with E-state index in [9.17, 15) is 0 Å². The minimum Gasteiger partial charge on any atom is -0.497 e. The monoisotopic (exact) mass is 232 g/mol. The number of H-pyrrole nitrogens is 1. The van der Waals surface area contributed by atoms with Gasteiger partial charge in [0.1, 0.15) is 11.5 Å². The Morgan fingerprint density at radius 3 is 2.59 bits per heavy atom. The maximum Gasteiger partial charge on any atom is 0.127 e. The van der Waals surface area contributed by atoms with Gasteiger partial charge in [-0.2, -0.15) is 0 Å². The summed E-state index contributed by atoms with van der Waals surface area (Å²) in [6, 6.07) is 5.71. The highest BCUT2D eigenvalue weighted by atomic mass is 16.5. The Morgan fingerprint density at radius 1 is 1.12 bits per heavy atom. The molecule has 0 saturated heterocycles. The number of hydrogen-bond acceptors (Lipinski definition) is 3. The van der Waals surface area contributed by atoms with E-state index in [0.717, 1.165) is 28.2 Å². The van der Waals surface area contributed by atoms with Crippen LogP contribution in [0.2, 0.25) is 0 Å². The van der Waals surface area contributed by atoms with Gasteiger partial charge in [0.2, 0.25) is 0 Å². The number of methoxy groups -OCH3 is 2. The molecule has 0 bridgehead atoms. The topological polar surface area (TPSA) is 60.3 Å². The van der Waals surface area contributed by atoms with E-state index in [4.69, 9.17) is 15.2 Å². The Hall–Kier alpha value is -1.94. The predicted octanol–water partition coefficient (Wildman–Crippen LogP) is 2.16. The quantitative estimate of drug-likeness (QED) is 0.849. The second kappa shape index (κ2) is 4.93. The molecule has 0 saturated carbocycles. The van der Waals surface area contributed by atoms with Crippen molar-refractivity contribution in [2.75, 3.05) is 14.2 Å². The molecule has 0 aliphatic rings. The van der Waals surface area contributed by atoms with Crippen molar-refractivity contribution < 1.29 is 9.47 Å². The first-order valence-corrected chi connectivity index (χ1v) is 5.38. The fourth-order valence-corrected chi connectivity index (χ4v) is 1.84. The summed E-state index contributed by atoms with van der Waals surface area (Å²) >= 11 is 0. The molecule has 2 aromatic rings. The number of nitrogens with one attached hydrogen (secondary N) is 1. The van der Waals surface area contributed by atoms with Crippen LogP contribution >= 0.6 is 0 Å². The van der Waals surface area contributed by atoms with Crippen LogP contribution in [0.25, 0.3) is 11.1 Å². The van der Waals surface area contributed by atoms with Crippen LogP contribution in [0.3, 0.4) is 0 Å². The van der Waals surface area contributed by atoms with Crippen molar-refractivity contribution in [3.8, 4) is 22.6 Å². The lowest BCUT2D eigenvalue weighted by Crippen LogP contribution is -1.97. The zero-order valence-electron chi connectivity index (χ0n) is 9.99. The van der Waals surface area contributed by atoms with E-state index in [1.54, 1.807) is 14.2 Å². The summed E-state index contributed by atoms with van der Waals surface area (Å²) in [5.41, 5.74) is 8.78. The molecule has 4 heteroatoms. The average molecular weight is 232 g/mol. The highest BCUT2D eigenvalue weighted by molar-refractivity contribution is 5.74. The molecule has 3 N–H and O–H groups in total. The molecule has 1 aromatic heterocycles. The van der Waals surface area contributed by atoms with E-state index in [0.29, 0.717) is 6.54 Å². The fourth-order valence-electron chi connectivity index (χ4n) is 1.84. The molecule has 0 spiro atoms. The van der Waals surface area contributed by atoms with Crippen molar-refractivity contribution >= 4 is 0 Å². The second-order valence-electron chi connectivity index (χ2n) is 3.66. The van der Waals surface area contributed by atoms with E-state index < -0.39 is 0 Å². The summed E-state index contributed by atoms with van der Waals surface area (Å²) in [5, 5.41) is 0. The molecule has 1 heterocycles. The van der Waals surface area contributed by atoms with Crippen molar-refractivity contribution in [1.82, 2.24) is 4.98 Å². The molecule has 17 heavy (non-hydrogen) atoms. The average Bonchev–Trinajstić information content (AvgIpc) is 2.86. The third-order valence-corrected chi connectivity index (χ3v) is 2.75. The standard InChI is InChI=1S/C13H16N2O2/c1-16-10-3-4-13(17-2)11(5-10)12-8-15-7-9(12)6-14/h3-5,7-8,15H,6,14H2,1-2H3. The van der Waals surface area contributed by atoms with Crippen LogP contribution in [0.4, 0.5) is 0 Å². The van der Waals surface area contributed by atoms with Crippen molar-refractivity contribution in [3.63, 3.8) is 0 Å². The van der Waals surface area contributed by atoms with Gasteiger partial charge in [-0.15, -0.1) is 0 Å². The van der Waals surface area contributed by atoms with E-state index in [1.165, 1.54) is 0 Å². The first kappa shape index (κ1) is 11.5. The number of ether oxygens (including phenoxy) is 2. The van der Waals surface area contributed by atoms with Gasteiger partial charge in [-0.05, 0) is 23.8 Å². The van der Waals surface area contributed by atoms with Crippen molar-refractivity contribution in [3.05, 3.63) is 36.2 Å². The van der Waals surface area contributed by atoms with Gasteiger partial charge < -0.3 is 20.2 Å². The van der Waals surface area contributed by atoms with Crippen LogP contribution < -0.4 is 15.2 Å². The molecule has 0 amide bonds. The Balaban J connectivity index is 2.56. The highest BCUT2D eigenvalue weighted by Crippen LogP contribution is 2.35. The van der Waals surface area contributed by atoms with Crippen LogP contribution in [-0.2, 0) is 6.54 Å². The molecule has 0 unspecified atom stereocenters. The third-order valence-electron chi connectivity index (χ3n) is 2.75. The van der Waals surface area contributed by atoms with E-state index in [2.05, 4.69) is 4.98 Å². The summed E-state index contributed by atoms with van der Waals surface area (Å²) in [6.45, 7) is 0.485. The smallest absolute Gasteiger partial charge is 0.127 e. The Bertz CT molecular complexity index is 506. The third kappa shape index (κ3) is 2.12. The maximum atomic E-state index is 5.70. The second-order valence-corrected chi connectivity index (χ2v) is 3.66. The molecule has 0 aliphatic heterocycles. The van der Waals surface area contributed by atoms with Crippen LogP contribution in [0.1, 0.15) is 5.56 Å². The van der Waals surface area contributed by atoms with Gasteiger partial charge in [-0.1, -0.05) is 0 Å². The molecule has 0 aliphatic carbocycles. The number of benzene rings is 1. The lowest BCUT2D eigenvalue weighted by atomic mass is 10.0. The molecular formula is C13H16N2O2. The van der Waals surface area contributed by atoms with Crippen molar-refractivity contribution in [1.29, 1.82) is 0 Å². The molecule has 0 fully saturated rings. The Morgan fingerprint density at radius 2 is 1.94 bits per heavy atom. The van der Waals surface area contributed by atoms with Crippen LogP contribution in [-0.4, -0.2) is 19.2 Å². The van der Waals surface area contributed by atoms with Gasteiger partial charge in [0.05, 0.1) is 14.2 Å². The Kier molecular flexibility index (Phi) is 3.35. The number of aromatic amines is 1. The Labute approximate surface area is 100 Å². The number of aromatic nitrogens is 1. The minimum absolute atomic E-state index is 0.485. The molecule has 2 rings (SSSR count). The zero-order valence-corrected chi connectivity index (χ0v) is 9.99. The van der Waals surface area contributed by atoms with Gasteiger partial charge in [-0.3, -0.25) is 0 Å². The largest absolute Gasteiger partial charge is 0.497 e. The van der Waals surface area contributed by atoms with Gasteiger partial charge >= 0.3 is 0 Å². The van der Waals surface area contributed by atoms with Crippen LogP contribution in [0.15, 0.2) is 30.6 Å². The van der Waals surface area contributed by atoms with Crippen LogP contribution in [0, 0.1) is 0 Å². The van der Waals surface area contributed by atoms with Gasteiger partial charge in [0.25, 0.3) is 0 Å². The number of rotatable bonds is 4.